The molecule has 0 atom stereocenters. The van der Waals surface area contributed by atoms with Crippen molar-refractivity contribution in [1.29, 1.82) is 0 Å². The molecule has 1 amide bonds. The molecule has 0 saturated heterocycles. The van der Waals surface area contributed by atoms with Crippen LogP contribution in [0.2, 0.25) is 0 Å². The zero-order valence-electron chi connectivity index (χ0n) is 10.5. The van der Waals surface area contributed by atoms with Crippen molar-refractivity contribution in [1.82, 2.24) is 0 Å². The van der Waals surface area contributed by atoms with Crippen molar-refractivity contribution >= 4 is 27.5 Å². The Balaban J connectivity index is 2.42. The third-order valence-corrected chi connectivity index (χ3v) is 3.16. The Morgan fingerprint density at radius 1 is 1.39 bits per heavy atom. The number of amides is 1. The van der Waals surface area contributed by atoms with Crippen LogP contribution in [0.5, 0.6) is 5.75 Å². The summed E-state index contributed by atoms with van der Waals surface area (Å²) in [5.74, 6) is 0.778. The van der Waals surface area contributed by atoms with E-state index in [-0.39, 0.29) is 5.91 Å². The fourth-order valence-corrected chi connectivity index (χ4v) is 2.11. The summed E-state index contributed by atoms with van der Waals surface area (Å²) in [6.07, 6.45) is 3.38. The maximum Gasteiger partial charge on any atom is 0.224 e. The molecule has 0 bridgehead atoms. The van der Waals surface area contributed by atoms with Crippen molar-refractivity contribution in [2.24, 2.45) is 5.73 Å². The lowest BCUT2D eigenvalue weighted by atomic mass is 10.2. The lowest BCUT2D eigenvalue weighted by Gasteiger charge is -2.08. The van der Waals surface area contributed by atoms with E-state index in [0.29, 0.717) is 13.0 Å². The molecule has 4 nitrogen and oxygen atoms in total. The summed E-state index contributed by atoms with van der Waals surface area (Å²) >= 11 is 3.38. The Bertz CT molecular complexity index is 397. The molecule has 0 aliphatic carbocycles. The second-order valence-corrected chi connectivity index (χ2v) is 4.85. The molecule has 0 fully saturated rings. The summed E-state index contributed by atoms with van der Waals surface area (Å²) in [7, 11) is 1.61. The minimum absolute atomic E-state index is 0.0316. The standard InChI is InChI=1S/C13H19BrN2O2/c1-18-12-7-6-10(9-11(12)14)16-13(17)5-3-2-4-8-15/h6-7,9H,2-5,8,15H2,1H3,(H,16,17). The number of nitrogens with two attached hydrogens (primary N) is 1. The minimum atomic E-state index is 0.0316. The number of hydrogen-bond donors (Lipinski definition) is 2. The second-order valence-electron chi connectivity index (χ2n) is 4.00. The normalized spacial score (nSPS) is 10.2. The Kier molecular flexibility index (Phi) is 6.75. The Morgan fingerprint density at radius 3 is 2.78 bits per heavy atom. The summed E-state index contributed by atoms with van der Waals surface area (Å²) in [5, 5.41) is 2.86. The highest BCUT2D eigenvalue weighted by atomic mass is 79.9. The van der Waals surface area contributed by atoms with Gasteiger partial charge in [-0.3, -0.25) is 4.79 Å². The Morgan fingerprint density at radius 2 is 2.17 bits per heavy atom. The molecule has 1 rings (SSSR count). The van der Waals surface area contributed by atoms with Crippen LogP contribution in [0.1, 0.15) is 25.7 Å². The van der Waals surface area contributed by atoms with Crippen molar-refractivity contribution in [2.45, 2.75) is 25.7 Å². The first-order chi connectivity index (χ1) is 8.67. The van der Waals surface area contributed by atoms with Gasteiger partial charge in [0.15, 0.2) is 0 Å². The van der Waals surface area contributed by atoms with Crippen LogP contribution in [-0.2, 0) is 4.79 Å². The highest BCUT2D eigenvalue weighted by Gasteiger charge is 2.05. The van der Waals surface area contributed by atoms with Gasteiger partial charge in [-0.2, -0.15) is 0 Å². The Labute approximate surface area is 116 Å². The Hall–Kier alpha value is -1.07. The minimum Gasteiger partial charge on any atom is -0.496 e. The van der Waals surface area contributed by atoms with Crippen molar-refractivity contribution < 1.29 is 9.53 Å². The fourth-order valence-electron chi connectivity index (χ4n) is 1.57. The number of hydrogen-bond acceptors (Lipinski definition) is 3. The van der Waals surface area contributed by atoms with Gasteiger partial charge in [0.2, 0.25) is 5.91 Å². The molecule has 1 aromatic carbocycles. The van der Waals surface area contributed by atoms with Gasteiger partial charge in [-0.05, 0) is 53.5 Å². The molecule has 100 valence electrons. The SMILES string of the molecule is COc1ccc(NC(=O)CCCCCN)cc1Br. The van der Waals surface area contributed by atoms with Crippen LogP contribution in [0.3, 0.4) is 0 Å². The average molecular weight is 315 g/mol. The van der Waals surface area contributed by atoms with Crippen LogP contribution in [0, 0.1) is 0 Å². The monoisotopic (exact) mass is 314 g/mol. The van der Waals surface area contributed by atoms with Crippen LogP contribution in [0.25, 0.3) is 0 Å². The highest BCUT2D eigenvalue weighted by Crippen LogP contribution is 2.27. The molecule has 0 spiro atoms. The number of methoxy groups -OCH3 is 1. The molecule has 0 heterocycles. The number of nitrogens with one attached hydrogen (secondary N) is 1. The summed E-state index contributed by atoms with van der Waals surface area (Å²) in [6.45, 7) is 0.688. The molecular formula is C13H19BrN2O2. The lowest BCUT2D eigenvalue weighted by molar-refractivity contribution is -0.116. The van der Waals surface area contributed by atoms with Crippen molar-refractivity contribution in [2.75, 3.05) is 19.0 Å². The van der Waals surface area contributed by atoms with Gasteiger partial charge in [0.1, 0.15) is 5.75 Å². The van der Waals surface area contributed by atoms with Crippen molar-refractivity contribution in [3.8, 4) is 5.75 Å². The highest BCUT2D eigenvalue weighted by molar-refractivity contribution is 9.10. The predicted octanol–water partition coefficient (Wildman–Crippen LogP) is 2.92. The van der Waals surface area contributed by atoms with E-state index in [1.807, 2.05) is 18.2 Å². The first kappa shape index (κ1) is 15.0. The first-order valence-electron chi connectivity index (χ1n) is 6.01. The quantitative estimate of drug-likeness (QED) is 0.761. The number of carbonyl (C=O) groups is 1. The number of anilines is 1. The smallest absolute Gasteiger partial charge is 0.224 e. The van der Waals surface area contributed by atoms with E-state index in [1.54, 1.807) is 7.11 Å². The van der Waals surface area contributed by atoms with Crippen molar-refractivity contribution in [3.05, 3.63) is 22.7 Å². The molecule has 0 aliphatic heterocycles. The maximum atomic E-state index is 11.7. The van der Waals surface area contributed by atoms with Crippen LogP contribution in [0.4, 0.5) is 5.69 Å². The van der Waals surface area contributed by atoms with Gasteiger partial charge in [-0.1, -0.05) is 6.42 Å². The van der Waals surface area contributed by atoms with Gasteiger partial charge < -0.3 is 15.8 Å². The van der Waals surface area contributed by atoms with Gasteiger partial charge >= 0.3 is 0 Å². The lowest BCUT2D eigenvalue weighted by Crippen LogP contribution is -2.11. The van der Waals surface area contributed by atoms with E-state index in [9.17, 15) is 4.79 Å². The zero-order valence-corrected chi connectivity index (χ0v) is 12.1. The van der Waals surface area contributed by atoms with E-state index < -0.39 is 0 Å². The molecule has 0 radical (unpaired) electrons. The third kappa shape index (κ3) is 5.06. The summed E-state index contributed by atoms with van der Waals surface area (Å²) < 4.78 is 5.95. The topological polar surface area (TPSA) is 64.3 Å². The third-order valence-electron chi connectivity index (χ3n) is 2.54. The van der Waals surface area contributed by atoms with E-state index in [4.69, 9.17) is 10.5 Å². The summed E-state index contributed by atoms with van der Waals surface area (Å²) in [5.41, 5.74) is 6.17. The molecular weight excluding hydrogens is 296 g/mol. The van der Waals surface area contributed by atoms with Gasteiger partial charge in [-0.15, -0.1) is 0 Å². The molecule has 0 saturated carbocycles. The maximum absolute atomic E-state index is 11.7. The number of carbonyl (C=O) groups excluding carboxylic acids is 1. The molecule has 3 N–H and O–H groups in total. The number of halogens is 1. The molecule has 18 heavy (non-hydrogen) atoms. The van der Waals surface area contributed by atoms with E-state index in [0.717, 1.165) is 35.2 Å². The number of benzene rings is 1. The predicted molar refractivity (Wildman–Crippen MR) is 76.8 cm³/mol. The van der Waals surface area contributed by atoms with Crippen LogP contribution >= 0.6 is 15.9 Å². The summed E-state index contributed by atoms with van der Waals surface area (Å²) in [4.78, 5) is 11.7. The summed E-state index contributed by atoms with van der Waals surface area (Å²) in [6, 6.07) is 5.46. The van der Waals surface area contributed by atoms with Crippen LogP contribution in [0.15, 0.2) is 22.7 Å². The van der Waals surface area contributed by atoms with Crippen LogP contribution in [-0.4, -0.2) is 19.6 Å². The largest absolute Gasteiger partial charge is 0.496 e. The molecule has 1 aromatic rings. The number of unbranched alkanes of at least 4 members (excludes halogenated alkanes) is 2. The molecule has 0 unspecified atom stereocenters. The van der Waals surface area contributed by atoms with E-state index in [2.05, 4.69) is 21.2 Å². The van der Waals surface area contributed by atoms with Gasteiger partial charge in [0.25, 0.3) is 0 Å². The second kappa shape index (κ2) is 8.11. The van der Waals surface area contributed by atoms with Crippen LogP contribution < -0.4 is 15.8 Å². The molecule has 0 aliphatic rings. The van der Waals surface area contributed by atoms with Gasteiger partial charge in [-0.25, -0.2) is 0 Å². The van der Waals surface area contributed by atoms with Gasteiger partial charge in [0, 0.05) is 12.1 Å². The average Bonchev–Trinajstić information content (AvgIpc) is 2.35. The molecule has 5 heteroatoms. The van der Waals surface area contributed by atoms with E-state index in [1.165, 1.54) is 0 Å². The van der Waals surface area contributed by atoms with Crippen molar-refractivity contribution in [3.63, 3.8) is 0 Å². The van der Waals surface area contributed by atoms with E-state index >= 15 is 0 Å². The van der Waals surface area contributed by atoms with Gasteiger partial charge in [0.05, 0.1) is 11.6 Å². The first-order valence-corrected chi connectivity index (χ1v) is 6.80. The molecule has 0 aromatic heterocycles. The fraction of sp³-hybridized carbons (Fsp3) is 0.462. The number of rotatable bonds is 7. The zero-order chi connectivity index (χ0) is 13.4. The number of ether oxygens (including phenoxy) is 1.